The van der Waals surface area contributed by atoms with Gasteiger partial charge in [-0.25, -0.2) is 0 Å². The predicted octanol–water partition coefficient (Wildman–Crippen LogP) is 2.80. The lowest BCUT2D eigenvalue weighted by Crippen LogP contribution is -2.41. The van der Waals surface area contributed by atoms with Crippen molar-refractivity contribution in [1.82, 2.24) is 10.2 Å². The Kier molecular flexibility index (Phi) is 7.33. The highest BCUT2D eigenvalue weighted by Gasteiger charge is 2.18. The summed E-state index contributed by atoms with van der Waals surface area (Å²) in [7, 11) is 0. The number of hydrogen-bond donors (Lipinski definition) is 1. The van der Waals surface area contributed by atoms with Gasteiger partial charge < -0.3 is 10.2 Å². The summed E-state index contributed by atoms with van der Waals surface area (Å²) >= 11 is 0. The van der Waals surface area contributed by atoms with Crippen LogP contribution in [0.2, 0.25) is 0 Å². The van der Waals surface area contributed by atoms with Crippen LogP contribution >= 0.6 is 0 Å². The maximum absolute atomic E-state index is 11.9. The van der Waals surface area contributed by atoms with Crippen molar-refractivity contribution in [1.29, 1.82) is 0 Å². The summed E-state index contributed by atoms with van der Waals surface area (Å²) in [5, 5.41) is 3.46. The van der Waals surface area contributed by atoms with Crippen LogP contribution in [0.4, 0.5) is 0 Å². The van der Waals surface area contributed by atoms with Gasteiger partial charge in [-0.2, -0.15) is 0 Å². The van der Waals surface area contributed by atoms with Crippen molar-refractivity contribution >= 4 is 5.91 Å². The molecule has 3 heteroatoms. The first kappa shape index (κ1) is 15.5. The summed E-state index contributed by atoms with van der Waals surface area (Å²) in [6.45, 7) is 8.53. The Bertz CT molecular complexity index is 239. The second kappa shape index (κ2) is 8.52. The minimum Gasteiger partial charge on any atom is -0.342 e. The maximum Gasteiger partial charge on any atom is 0.236 e. The number of likely N-dealkylation sites (N-methyl/N-ethyl adjacent to an activating group) is 1. The molecule has 0 radical (unpaired) electrons. The first-order valence-corrected chi connectivity index (χ1v) is 7.72. The van der Waals surface area contributed by atoms with Gasteiger partial charge in [-0.05, 0) is 39.0 Å². The molecular weight excluding hydrogens is 224 g/mol. The van der Waals surface area contributed by atoms with E-state index in [-0.39, 0.29) is 5.91 Å². The molecular formula is C15H30N2O. The molecule has 1 aliphatic carbocycles. The third-order valence-corrected chi connectivity index (χ3v) is 4.32. The van der Waals surface area contributed by atoms with Crippen molar-refractivity contribution in [3.63, 3.8) is 0 Å². The highest BCUT2D eigenvalue weighted by molar-refractivity contribution is 5.78. The van der Waals surface area contributed by atoms with Gasteiger partial charge in [0.25, 0.3) is 0 Å². The number of nitrogens with zero attached hydrogens (tertiary/aromatic N) is 1. The van der Waals surface area contributed by atoms with Gasteiger partial charge in [0.1, 0.15) is 0 Å². The van der Waals surface area contributed by atoms with Crippen molar-refractivity contribution in [2.75, 3.05) is 19.6 Å². The van der Waals surface area contributed by atoms with Crippen LogP contribution in [-0.2, 0) is 4.79 Å². The van der Waals surface area contributed by atoms with Gasteiger partial charge in [0.2, 0.25) is 5.91 Å². The smallest absolute Gasteiger partial charge is 0.236 e. The van der Waals surface area contributed by atoms with Crippen LogP contribution in [0.5, 0.6) is 0 Å². The molecule has 1 N–H and O–H groups in total. The van der Waals surface area contributed by atoms with Crippen LogP contribution in [0, 0.1) is 5.92 Å². The lowest BCUT2D eigenvalue weighted by Gasteiger charge is -2.21. The fraction of sp³-hybridized carbons (Fsp3) is 0.933. The molecule has 1 saturated carbocycles. The summed E-state index contributed by atoms with van der Waals surface area (Å²) in [6.07, 6.45) is 7.80. The van der Waals surface area contributed by atoms with Crippen molar-refractivity contribution in [3.05, 3.63) is 0 Å². The minimum atomic E-state index is 0.247. The van der Waals surface area contributed by atoms with Gasteiger partial charge in [-0.3, -0.25) is 4.79 Å². The molecule has 0 aliphatic heterocycles. The maximum atomic E-state index is 11.9. The number of rotatable bonds is 6. The highest BCUT2D eigenvalue weighted by atomic mass is 16.2. The molecule has 1 aliphatic rings. The molecule has 1 amide bonds. The standard InChI is InChI=1S/C15H30N2O/c1-4-13-8-7-9-14(11-10-13)16-12-15(18)17(5-2)6-3/h13-14,16H,4-12H2,1-3H3. The van der Waals surface area contributed by atoms with E-state index in [2.05, 4.69) is 12.2 Å². The van der Waals surface area contributed by atoms with E-state index in [0.29, 0.717) is 12.6 Å². The normalized spacial score (nSPS) is 24.6. The molecule has 0 bridgehead atoms. The van der Waals surface area contributed by atoms with Gasteiger partial charge in [0.15, 0.2) is 0 Å². The monoisotopic (exact) mass is 254 g/mol. The molecule has 0 saturated heterocycles. The van der Waals surface area contributed by atoms with Gasteiger partial charge in [0, 0.05) is 19.1 Å². The molecule has 18 heavy (non-hydrogen) atoms. The summed E-state index contributed by atoms with van der Waals surface area (Å²) in [5.41, 5.74) is 0. The van der Waals surface area contributed by atoms with Crippen LogP contribution < -0.4 is 5.32 Å². The number of carbonyl (C=O) groups excluding carboxylic acids is 1. The minimum absolute atomic E-state index is 0.247. The van der Waals surface area contributed by atoms with Gasteiger partial charge >= 0.3 is 0 Å². The average Bonchev–Trinajstić information content (AvgIpc) is 2.62. The van der Waals surface area contributed by atoms with Crippen molar-refractivity contribution in [2.45, 2.75) is 65.3 Å². The molecule has 0 aromatic carbocycles. The molecule has 2 unspecified atom stereocenters. The van der Waals surface area contributed by atoms with E-state index in [1.54, 1.807) is 0 Å². The third-order valence-electron chi connectivity index (χ3n) is 4.32. The second-order valence-corrected chi connectivity index (χ2v) is 5.43. The Morgan fingerprint density at radius 1 is 1.11 bits per heavy atom. The summed E-state index contributed by atoms with van der Waals surface area (Å²) in [6, 6.07) is 0.557. The van der Waals surface area contributed by atoms with Crippen LogP contribution in [0.1, 0.15) is 59.3 Å². The number of amides is 1. The fourth-order valence-electron chi connectivity index (χ4n) is 2.91. The number of carbonyl (C=O) groups is 1. The summed E-state index contributed by atoms with van der Waals surface area (Å²) in [4.78, 5) is 13.8. The van der Waals surface area contributed by atoms with Crippen molar-refractivity contribution < 1.29 is 4.79 Å². The van der Waals surface area contributed by atoms with E-state index in [1.807, 2.05) is 18.7 Å². The molecule has 0 spiro atoms. The van der Waals surface area contributed by atoms with Crippen LogP contribution in [0.25, 0.3) is 0 Å². The highest BCUT2D eigenvalue weighted by Crippen LogP contribution is 2.25. The topological polar surface area (TPSA) is 32.3 Å². The zero-order valence-electron chi connectivity index (χ0n) is 12.4. The molecule has 0 aromatic heterocycles. The average molecular weight is 254 g/mol. The quantitative estimate of drug-likeness (QED) is 0.739. The molecule has 106 valence electrons. The zero-order valence-corrected chi connectivity index (χ0v) is 12.4. The Morgan fingerprint density at radius 2 is 1.83 bits per heavy atom. The summed E-state index contributed by atoms with van der Waals surface area (Å²) in [5.74, 6) is 1.16. The first-order valence-electron chi connectivity index (χ1n) is 7.72. The lowest BCUT2D eigenvalue weighted by molar-refractivity contribution is -0.130. The lowest BCUT2D eigenvalue weighted by atomic mass is 9.98. The Hall–Kier alpha value is -0.570. The summed E-state index contributed by atoms with van der Waals surface area (Å²) < 4.78 is 0. The van der Waals surface area contributed by atoms with E-state index >= 15 is 0 Å². The number of nitrogens with one attached hydrogen (secondary N) is 1. The van der Waals surface area contributed by atoms with E-state index in [4.69, 9.17) is 0 Å². The zero-order chi connectivity index (χ0) is 13.4. The van der Waals surface area contributed by atoms with Gasteiger partial charge in [0.05, 0.1) is 6.54 Å². The fourth-order valence-corrected chi connectivity index (χ4v) is 2.91. The van der Waals surface area contributed by atoms with Crippen molar-refractivity contribution in [3.8, 4) is 0 Å². The van der Waals surface area contributed by atoms with E-state index < -0.39 is 0 Å². The third kappa shape index (κ3) is 4.97. The van der Waals surface area contributed by atoms with Gasteiger partial charge in [-0.1, -0.05) is 26.2 Å². The molecule has 1 rings (SSSR count). The first-order chi connectivity index (χ1) is 8.71. The molecule has 3 nitrogen and oxygen atoms in total. The SMILES string of the molecule is CCC1CCCC(NCC(=O)N(CC)CC)CC1. The Balaban J connectivity index is 2.28. The second-order valence-electron chi connectivity index (χ2n) is 5.43. The Morgan fingerprint density at radius 3 is 2.44 bits per heavy atom. The van der Waals surface area contributed by atoms with E-state index in [9.17, 15) is 4.79 Å². The van der Waals surface area contributed by atoms with Crippen LogP contribution in [0.3, 0.4) is 0 Å². The molecule has 2 atom stereocenters. The van der Waals surface area contributed by atoms with Crippen LogP contribution in [-0.4, -0.2) is 36.5 Å². The van der Waals surface area contributed by atoms with Gasteiger partial charge in [-0.15, -0.1) is 0 Å². The molecule has 0 aromatic rings. The molecule has 0 heterocycles. The van der Waals surface area contributed by atoms with Crippen molar-refractivity contribution in [2.24, 2.45) is 5.92 Å². The largest absolute Gasteiger partial charge is 0.342 e. The van der Waals surface area contributed by atoms with Crippen LogP contribution in [0.15, 0.2) is 0 Å². The van der Waals surface area contributed by atoms with E-state index in [1.165, 1.54) is 38.5 Å². The molecule has 1 fully saturated rings. The van der Waals surface area contributed by atoms with E-state index in [0.717, 1.165) is 19.0 Å². The predicted molar refractivity (Wildman–Crippen MR) is 76.6 cm³/mol. The number of hydrogen-bond acceptors (Lipinski definition) is 2. The Labute approximate surface area is 112 Å².